The lowest BCUT2D eigenvalue weighted by atomic mass is 10.2. The van der Waals surface area contributed by atoms with Crippen molar-refractivity contribution in [2.45, 2.75) is 17.5 Å². The van der Waals surface area contributed by atoms with Gasteiger partial charge in [0.1, 0.15) is 11.6 Å². The second-order valence-corrected chi connectivity index (χ2v) is 7.37. The Balaban J connectivity index is 1.67. The van der Waals surface area contributed by atoms with Gasteiger partial charge in [-0.1, -0.05) is 29.4 Å². The Kier molecular flexibility index (Phi) is 5.26. The molecule has 0 aliphatic carbocycles. The summed E-state index contributed by atoms with van der Waals surface area (Å²) in [5.74, 6) is -2.63. The molecule has 0 saturated carbocycles. The van der Waals surface area contributed by atoms with Gasteiger partial charge in [0.2, 0.25) is 15.7 Å². The van der Waals surface area contributed by atoms with Crippen molar-refractivity contribution in [3.8, 4) is 0 Å². The van der Waals surface area contributed by atoms with Crippen LogP contribution in [-0.4, -0.2) is 24.5 Å². The van der Waals surface area contributed by atoms with Crippen molar-refractivity contribution < 1.29 is 26.4 Å². The summed E-state index contributed by atoms with van der Waals surface area (Å²) in [6.45, 7) is -0.252. The van der Waals surface area contributed by atoms with Crippen molar-refractivity contribution >= 4 is 15.7 Å². The highest BCUT2D eigenvalue weighted by Crippen LogP contribution is 2.17. The molecule has 0 fully saturated rings. The summed E-state index contributed by atoms with van der Waals surface area (Å²) < 4.78 is 56.3. The molecule has 1 amide bonds. The van der Waals surface area contributed by atoms with Crippen molar-refractivity contribution in [3.05, 3.63) is 77.2 Å². The molecule has 7 nitrogen and oxygen atoms in total. The van der Waals surface area contributed by atoms with Gasteiger partial charge in [-0.05, 0) is 24.3 Å². The van der Waals surface area contributed by atoms with E-state index in [4.69, 9.17) is 4.42 Å². The Labute approximate surface area is 153 Å². The number of nitrogens with zero attached hydrogens (tertiary/aromatic N) is 2. The minimum Gasteiger partial charge on any atom is -0.411 e. The molecule has 0 spiro atoms. The molecule has 0 aliphatic rings. The van der Waals surface area contributed by atoms with Gasteiger partial charge in [0, 0.05) is 11.1 Å². The molecule has 0 saturated heterocycles. The van der Waals surface area contributed by atoms with E-state index >= 15 is 0 Å². The van der Waals surface area contributed by atoms with Gasteiger partial charge < -0.3 is 9.73 Å². The second-order valence-electron chi connectivity index (χ2n) is 5.51. The largest absolute Gasteiger partial charge is 0.411 e. The van der Waals surface area contributed by atoms with Crippen LogP contribution >= 0.6 is 0 Å². The number of carbonyl (C=O) groups is 1. The van der Waals surface area contributed by atoms with E-state index in [0.29, 0.717) is 0 Å². The van der Waals surface area contributed by atoms with Gasteiger partial charge in [0.15, 0.2) is 0 Å². The topological polar surface area (TPSA) is 102 Å². The highest BCUT2D eigenvalue weighted by atomic mass is 32.2. The monoisotopic (exact) mass is 393 g/mol. The lowest BCUT2D eigenvalue weighted by molar-refractivity contribution is 0.0946. The fourth-order valence-electron chi connectivity index (χ4n) is 2.20. The predicted molar refractivity (Wildman–Crippen MR) is 89.2 cm³/mol. The number of nitrogens with one attached hydrogen (secondary N) is 1. The smallest absolute Gasteiger partial charge is 0.335 e. The van der Waals surface area contributed by atoms with Gasteiger partial charge >= 0.3 is 5.22 Å². The number of amides is 1. The lowest BCUT2D eigenvalue weighted by Gasteiger charge is -2.03. The third kappa shape index (κ3) is 4.53. The third-order valence-electron chi connectivity index (χ3n) is 3.50. The molecule has 0 bridgehead atoms. The van der Waals surface area contributed by atoms with Crippen molar-refractivity contribution in [2.75, 3.05) is 0 Å². The molecular weight excluding hydrogens is 380 g/mol. The first kappa shape index (κ1) is 18.6. The maximum Gasteiger partial charge on any atom is 0.335 e. The third-order valence-corrected chi connectivity index (χ3v) is 4.89. The molecule has 3 aromatic rings. The summed E-state index contributed by atoms with van der Waals surface area (Å²) in [6.07, 6.45) is 0. The summed E-state index contributed by atoms with van der Waals surface area (Å²) in [5, 5.41) is 8.72. The van der Waals surface area contributed by atoms with Gasteiger partial charge in [0.25, 0.3) is 5.91 Å². The molecule has 27 heavy (non-hydrogen) atoms. The highest BCUT2D eigenvalue weighted by Gasteiger charge is 2.24. The molecule has 10 heteroatoms. The first-order valence-corrected chi connectivity index (χ1v) is 9.33. The van der Waals surface area contributed by atoms with Gasteiger partial charge in [-0.3, -0.25) is 4.79 Å². The average molecular weight is 393 g/mol. The van der Waals surface area contributed by atoms with Gasteiger partial charge in [0.05, 0.1) is 12.3 Å². The zero-order chi connectivity index (χ0) is 19.4. The van der Waals surface area contributed by atoms with E-state index in [-0.39, 0.29) is 23.6 Å². The van der Waals surface area contributed by atoms with E-state index < -0.39 is 38.4 Å². The maximum absolute atomic E-state index is 13.6. The van der Waals surface area contributed by atoms with Crippen molar-refractivity contribution in [3.63, 3.8) is 0 Å². The van der Waals surface area contributed by atoms with Crippen LogP contribution in [0.1, 0.15) is 21.8 Å². The maximum atomic E-state index is 13.6. The fourth-order valence-corrected chi connectivity index (χ4v) is 3.36. The van der Waals surface area contributed by atoms with Crippen LogP contribution in [0.4, 0.5) is 8.78 Å². The predicted octanol–water partition coefficient (Wildman–Crippen LogP) is 2.25. The highest BCUT2D eigenvalue weighted by molar-refractivity contribution is 7.90. The van der Waals surface area contributed by atoms with Crippen LogP contribution in [0.2, 0.25) is 0 Å². The molecule has 3 rings (SSSR count). The quantitative estimate of drug-likeness (QED) is 0.689. The van der Waals surface area contributed by atoms with E-state index in [0.717, 1.165) is 12.1 Å². The minimum atomic E-state index is -4.05. The van der Waals surface area contributed by atoms with Crippen LogP contribution in [0.5, 0.6) is 0 Å². The van der Waals surface area contributed by atoms with E-state index in [1.165, 1.54) is 36.4 Å². The van der Waals surface area contributed by atoms with E-state index in [1.54, 1.807) is 0 Å². The number of benzene rings is 2. The molecule has 140 valence electrons. The molecule has 0 aliphatic heterocycles. The van der Waals surface area contributed by atoms with Gasteiger partial charge in [-0.15, -0.1) is 5.10 Å². The lowest BCUT2D eigenvalue weighted by Crippen LogP contribution is -2.23. The Hall–Kier alpha value is -3.14. The fraction of sp³-hybridized carbons (Fsp3) is 0.118. The molecular formula is C17H13F2N3O4S. The van der Waals surface area contributed by atoms with Crippen molar-refractivity contribution in [1.82, 2.24) is 15.5 Å². The second kappa shape index (κ2) is 7.62. The zero-order valence-electron chi connectivity index (χ0n) is 13.7. The van der Waals surface area contributed by atoms with E-state index in [1.807, 2.05) is 0 Å². The molecule has 0 unspecified atom stereocenters. The molecule has 0 atom stereocenters. The molecule has 2 aromatic carbocycles. The van der Waals surface area contributed by atoms with E-state index in [2.05, 4.69) is 15.5 Å². The van der Waals surface area contributed by atoms with E-state index in [9.17, 15) is 22.0 Å². The Morgan fingerprint density at radius 1 is 1.07 bits per heavy atom. The zero-order valence-corrected chi connectivity index (χ0v) is 14.5. The summed E-state index contributed by atoms with van der Waals surface area (Å²) in [5.41, 5.74) is 0.0542. The van der Waals surface area contributed by atoms with Crippen LogP contribution < -0.4 is 5.32 Å². The Bertz CT molecular complexity index is 1080. The van der Waals surface area contributed by atoms with Crippen LogP contribution in [0, 0.1) is 11.6 Å². The van der Waals surface area contributed by atoms with Crippen LogP contribution in [0.3, 0.4) is 0 Å². The molecule has 1 heterocycles. The van der Waals surface area contributed by atoms with Crippen LogP contribution in [0.15, 0.2) is 58.2 Å². The first-order valence-electron chi connectivity index (χ1n) is 7.67. The molecule has 1 aromatic heterocycles. The number of rotatable bonds is 6. The number of aromatic nitrogens is 2. The number of hydrogen-bond acceptors (Lipinski definition) is 6. The number of sulfone groups is 1. The normalized spacial score (nSPS) is 11.3. The molecule has 0 radical (unpaired) electrons. The number of carbonyl (C=O) groups excluding carboxylic acids is 1. The standard InChI is InChI=1S/C17H13F2N3O4S/c18-13-6-3-5-11(8-13)16(23)20-9-15-21-22-17(26-15)27(24,25)10-12-4-1-2-7-14(12)19/h1-8H,9-10H2,(H,20,23). The van der Waals surface area contributed by atoms with Crippen LogP contribution in [0.25, 0.3) is 0 Å². The van der Waals surface area contributed by atoms with Crippen molar-refractivity contribution in [1.29, 1.82) is 0 Å². The Morgan fingerprint density at radius 3 is 2.59 bits per heavy atom. The number of hydrogen-bond donors (Lipinski definition) is 1. The summed E-state index contributed by atoms with van der Waals surface area (Å²) in [7, 11) is -4.05. The van der Waals surface area contributed by atoms with Crippen LogP contribution in [-0.2, 0) is 22.1 Å². The SMILES string of the molecule is O=C(NCc1nnc(S(=O)(=O)Cc2ccccc2F)o1)c1cccc(F)c1. The molecule has 1 N–H and O–H groups in total. The minimum absolute atomic E-state index is 0.0309. The summed E-state index contributed by atoms with van der Waals surface area (Å²) >= 11 is 0. The Morgan fingerprint density at radius 2 is 1.85 bits per heavy atom. The summed E-state index contributed by atoms with van der Waals surface area (Å²) in [6, 6.07) is 10.5. The number of halogens is 2. The van der Waals surface area contributed by atoms with Crippen molar-refractivity contribution in [2.24, 2.45) is 0 Å². The van der Waals surface area contributed by atoms with Gasteiger partial charge in [-0.25, -0.2) is 17.2 Å². The average Bonchev–Trinajstić information content (AvgIpc) is 3.11. The van der Waals surface area contributed by atoms with Gasteiger partial charge in [-0.2, -0.15) is 0 Å². The first-order chi connectivity index (χ1) is 12.8. The summed E-state index contributed by atoms with van der Waals surface area (Å²) in [4.78, 5) is 11.9.